The highest BCUT2D eigenvalue weighted by Crippen LogP contribution is 2.25. The normalized spacial score (nSPS) is 11.1. The number of halogens is 3. The van der Waals surface area contributed by atoms with Crippen LogP contribution in [-0.4, -0.2) is 17.3 Å². The average molecular weight is 387 g/mol. The van der Waals surface area contributed by atoms with Crippen molar-refractivity contribution in [2.45, 2.75) is 12.8 Å². The summed E-state index contributed by atoms with van der Waals surface area (Å²) in [4.78, 5) is 16.7. The number of carbonyl (C=O) groups excluding carboxylic acids is 1. The van der Waals surface area contributed by atoms with E-state index in [1.54, 1.807) is 30.6 Å². The van der Waals surface area contributed by atoms with Crippen molar-refractivity contribution in [2.75, 3.05) is 11.1 Å². The van der Waals surface area contributed by atoms with Crippen molar-refractivity contribution in [3.8, 4) is 5.75 Å². The Morgan fingerprint density at radius 1 is 1.04 bits per heavy atom. The Morgan fingerprint density at radius 2 is 1.71 bits per heavy atom. The molecule has 144 valence electrons. The molecule has 5 nitrogen and oxygen atoms in total. The lowest BCUT2D eigenvalue weighted by Crippen LogP contribution is -2.17. The van der Waals surface area contributed by atoms with E-state index in [1.165, 1.54) is 12.1 Å². The van der Waals surface area contributed by atoms with Crippen LogP contribution < -0.4 is 15.8 Å². The number of nitrogen functional groups attached to an aromatic ring is 1. The molecule has 3 aromatic rings. The molecular formula is C20H16F3N3O2. The van der Waals surface area contributed by atoms with Gasteiger partial charge in [-0.15, -0.1) is 13.2 Å². The van der Waals surface area contributed by atoms with Gasteiger partial charge in [0.1, 0.15) is 5.75 Å². The van der Waals surface area contributed by atoms with Gasteiger partial charge in [0.15, 0.2) is 0 Å². The van der Waals surface area contributed by atoms with Crippen LogP contribution in [0.25, 0.3) is 0 Å². The molecule has 28 heavy (non-hydrogen) atoms. The molecular weight excluding hydrogens is 371 g/mol. The molecule has 0 aliphatic carbocycles. The minimum Gasteiger partial charge on any atom is -0.406 e. The Morgan fingerprint density at radius 3 is 2.36 bits per heavy atom. The summed E-state index contributed by atoms with van der Waals surface area (Å²) >= 11 is 0. The summed E-state index contributed by atoms with van der Waals surface area (Å²) in [6.45, 7) is 0. The number of hydrogen-bond donors (Lipinski definition) is 2. The van der Waals surface area contributed by atoms with E-state index in [2.05, 4.69) is 15.0 Å². The highest BCUT2D eigenvalue weighted by molar-refractivity contribution is 6.06. The lowest BCUT2D eigenvalue weighted by molar-refractivity contribution is -0.274. The molecule has 1 heterocycles. The van der Waals surface area contributed by atoms with Gasteiger partial charge < -0.3 is 15.8 Å². The molecule has 8 heteroatoms. The number of anilines is 2. The van der Waals surface area contributed by atoms with E-state index in [-0.39, 0.29) is 5.75 Å². The first-order valence-corrected chi connectivity index (χ1v) is 8.25. The molecule has 0 spiro atoms. The largest absolute Gasteiger partial charge is 0.573 e. The standard InChI is InChI=1S/C20H16F3N3O2/c21-20(22,23)28-15-6-4-14(5-7-15)26-19(27)16-2-1-3-18(24)17(16)12-13-8-10-25-11-9-13/h1-11H,12,24H2,(H,26,27). The first kappa shape index (κ1) is 19.2. The predicted octanol–water partition coefficient (Wildman–Crippen LogP) is 4.41. The summed E-state index contributed by atoms with van der Waals surface area (Å²) in [6, 6.07) is 13.6. The van der Waals surface area contributed by atoms with Crippen LogP contribution in [0.4, 0.5) is 24.5 Å². The maximum absolute atomic E-state index is 12.7. The summed E-state index contributed by atoms with van der Waals surface area (Å²) < 4.78 is 40.5. The maximum Gasteiger partial charge on any atom is 0.573 e. The zero-order valence-corrected chi connectivity index (χ0v) is 14.5. The summed E-state index contributed by atoms with van der Waals surface area (Å²) in [5.41, 5.74) is 8.84. The number of rotatable bonds is 5. The number of carbonyl (C=O) groups is 1. The number of benzene rings is 2. The summed E-state index contributed by atoms with van der Waals surface area (Å²) in [7, 11) is 0. The van der Waals surface area contributed by atoms with Crippen LogP contribution >= 0.6 is 0 Å². The van der Waals surface area contributed by atoms with E-state index < -0.39 is 12.3 Å². The second kappa shape index (κ2) is 7.99. The van der Waals surface area contributed by atoms with Crippen molar-refractivity contribution in [3.63, 3.8) is 0 Å². The van der Waals surface area contributed by atoms with Crippen LogP contribution in [0.5, 0.6) is 5.75 Å². The Hall–Kier alpha value is -3.55. The summed E-state index contributed by atoms with van der Waals surface area (Å²) in [6.07, 6.45) is -1.03. The average Bonchev–Trinajstić information content (AvgIpc) is 2.64. The van der Waals surface area contributed by atoms with Crippen molar-refractivity contribution in [1.29, 1.82) is 0 Å². The van der Waals surface area contributed by atoms with Gasteiger partial charge in [-0.3, -0.25) is 9.78 Å². The molecule has 3 rings (SSSR count). The van der Waals surface area contributed by atoms with Crippen LogP contribution in [0.15, 0.2) is 67.0 Å². The third kappa shape index (κ3) is 5.00. The van der Waals surface area contributed by atoms with Gasteiger partial charge in [-0.25, -0.2) is 0 Å². The van der Waals surface area contributed by atoms with Gasteiger partial charge in [0.2, 0.25) is 0 Å². The third-order valence-corrected chi connectivity index (χ3v) is 3.93. The van der Waals surface area contributed by atoms with E-state index >= 15 is 0 Å². The van der Waals surface area contributed by atoms with Crippen molar-refractivity contribution in [3.05, 3.63) is 83.7 Å². The quantitative estimate of drug-likeness (QED) is 0.636. The molecule has 0 saturated carbocycles. The molecule has 3 N–H and O–H groups in total. The predicted molar refractivity (Wildman–Crippen MR) is 99.0 cm³/mol. The van der Waals surface area contributed by atoms with E-state index in [9.17, 15) is 18.0 Å². The molecule has 2 aromatic carbocycles. The third-order valence-electron chi connectivity index (χ3n) is 3.93. The van der Waals surface area contributed by atoms with Gasteiger partial charge in [-0.1, -0.05) is 6.07 Å². The van der Waals surface area contributed by atoms with Gasteiger partial charge in [0.25, 0.3) is 5.91 Å². The molecule has 0 radical (unpaired) electrons. The minimum absolute atomic E-state index is 0.330. The van der Waals surface area contributed by atoms with Gasteiger partial charge in [-0.2, -0.15) is 0 Å². The number of aromatic nitrogens is 1. The van der Waals surface area contributed by atoms with Crippen LogP contribution in [0.2, 0.25) is 0 Å². The number of hydrogen-bond acceptors (Lipinski definition) is 4. The first-order valence-electron chi connectivity index (χ1n) is 8.25. The Labute approximate surface area is 159 Å². The highest BCUT2D eigenvalue weighted by Gasteiger charge is 2.31. The van der Waals surface area contributed by atoms with Crippen LogP contribution in [-0.2, 0) is 6.42 Å². The summed E-state index contributed by atoms with van der Waals surface area (Å²) in [5, 5.41) is 2.66. The van der Waals surface area contributed by atoms with Crippen LogP contribution in [0.3, 0.4) is 0 Å². The van der Waals surface area contributed by atoms with Gasteiger partial charge in [-0.05, 0) is 59.7 Å². The second-order valence-electron chi connectivity index (χ2n) is 5.93. The van der Waals surface area contributed by atoms with Crippen molar-refractivity contribution < 1.29 is 22.7 Å². The fourth-order valence-corrected chi connectivity index (χ4v) is 2.66. The minimum atomic E-state index is -4.77. The number of amides is 1. The summed E-state index contributed by atoms with van der Waals surface area (Å²) in [5.74, 6) is -0.784. The molecule has 0 aliphatic rings. The zero-order chi connectivity index (χ0) is 20.1. The van der Waals surface area contributed by atoms with E-state index in [4.69, 9.17) is 5.73 Å². The molecule has 0 saturated heterocycles. The Kier molecular flexibility index (Phi) is 5.49. The fraction of sp³-hybridized carbons (Fsp3) is 0.100. The van der Waals surface area contributed by atoms with Crippen molar-refractivity contribution >= 4 is 17.3 Å². The lowest BCUT2D eigenvalue weighted by Gasteiger charge is -2.13. The lowest BCUT2D eigenvalue weighted by atomic mass is 9.98. The SMILES string of the molecule is Nc1cccc(C(=O)Nc2ccc(OC(F)(F)F)cc2)c1Cc1ccncc1. The Bertz CT molecular complexity index is 959. The number of pyridine rings is 1. The number of nitrogens with two attached hydrogens (primary N) is 1. The second-order valence-corrected chi connectivity index (χ2v) is 5.93. The van der Waals surface area contributed by atoms with E-state index in [0.717, 1.165) is 17.7 Å². The van der Waals surface area contributed by atoms with E-state index in [0.29, 0.717) is 28.9 Å². The fourth-order valence-electron chi connectivity index (χ4n) is 2.66. The number of nitrogens with one attached hydrogen (secondary N) is 1. The number of alkyl halides is 3. The molecule has 0 bridgehead atoms. The molecule has 0 fully saturated rings. The Balaban J connectivity index is 1.78. The molecule has 1 amide bonds. The first-order chi connectivity index (χ1) is 13.3. The molecule has 0 unspecified atom stereocenters. The zero-order valence-electron chi connectivity index (χ0n) is 14.5. The van der Waals surface area contributed by atoms with Crippen molar-refractivity contribution in [1.82, 2.24) is 4.98 Å². The van der Waals surface area contributed by atoms with Crippen LogP contribution in [0, 0.1) is 0 Å². The monoisotopic (exact) mass is 387 g/mol. The van der Waals surface area contributed by atoms with Gasteiger partial charge in [0.05, 0.1) is 0 Å². The highest BCUT2D eigenvalue weighted by atomic mass is 19.4. The van der Waals surface area contributed by atoms with Gasteiger partial charge in [0, 0.05) is 35.8 Å². The molecule has 0 aliphatic heterocycles. The van der Waals surface area contributed by atoms with Gasteiger partial charge >= 0.3 is 6.36 Å². The maximum atomic E-state index is 12.7. The van der Waals surface area contributed by atoms with Crippen LogP contribution in [0.1, 0.15) is 21.5 Å². The van der Waals surface area contributed by atoms with Crippen molar-refractivity contribution in [2.24, 2.45) is 0 Å². The smallest absolute Gasteiger partial charge is 0.406 e. The number of ether oxygens (including phenoxy) is 1. The van der Waals surface area contributed by atoms with E-state index in [1.807, 2.05) is 12.1 Å². The molecule has 0 atom stereocenters. The number of nitrogens with zero attached hydrogens (tertiary/aromatic N) is 1. The molecule has 1 aromatic heterocycles. The topological polar surface area (TPSA) is 77.2 Å².